The van der Waals surface area contributed by atoms with Gasteiger partial charge in [0, 0.05) is 0 Å². The number of hydrogen-bond donors (Lipinski definition) is 0. The van der Waals surface area contributed by atoms with Gasteiger partial charge >= 0.3 is 0 Å². The van der Waals surface area contributed by atoms with E-state index in [2.05, 4.69) is 75.8 Å². The van der Waals surface area contributed by atoms with E-state index in [0.717, 1.165) is 5.76 Å². The van der Waals surface area contributed by atoms with Gasteiger partial charge < -0.3 is 4.43 Å². The summed E-state index contributed by atoms with van der Waals surface area (Å²) < 4.78 is 7.48. The maximum atomic E-state index is 7.48. The Morgan fingerprint density at radius 1 is 0.538 bits per heavy atom. The Bertz CT molecular complexity index is 349. The lowest BCUT2D eigenvalue weighted by Gasteiger charge is -2.63. The molecule has 0 aromatic rings. The topological polar surface area (TPSA) is 9.23 Å². The average molecular weight is 431 g/mol. The van der Waals surface area contributed by atoms with E-state index < -0.39 is 29.6 Å². The van der Waals surface area contributed by atoms with Crippen molar-refractivity contribution in [2.75, 3.05) is 0 Å². The normalized spacial score (nSPS) is 13.8. The van der Waals surface area contributed by atoms with Crippen molar-refractivity contribution in [2.45, 2.75) is 124 Å². The van der Waals surface area contributed by atoms with Gasteiger partial charge in [-0.05, 0) is 6.92 Å². The zero-order valence-corrected chi connectivity index (χ0v) is 24.0. The van der Waals surface area contributed by atoms with Crippen LogP contribution in [-0.4, -0.2) is 29.6 Å². The summed E-state index contributed by atoms with van der Waals surface area (Å²) in [4.78, 5) is 0. The van der Waals surface area contributed by atoms with Crippen molar-refractivity contribution in [1.82, 2.24) is 0 Å². The highest BCUT2D eigenvalue weighted by Crippen LogP contribution is 2.51. The Balaban J connectivity index is 7.44. The largest absolute Gasteiger partial charge is 0.556 e. The van der Waals surface area contributed by atoms with Crippen LogP contribution in [0.3, 0.4) is 0 Å². The predicted octanol–water partition coefficient (Wildman–Crippen LogP) is 8.24. The molecule has 0 spiro atoms. The molecule has 0 aliphatic carbocycles. The average Bonchev–Trinajstić information content (AvgIpc) is 2.66. The van der Waals surface area contributed by atoms with E-state index in [1.807, 2.05) is 0 Å². The molecule has 1 nitrogen and oxygen atoms in total. The van der Waals surface area contributed by atoms with Crippen LogP contribution in [0.25, 0.3) is 0 Å². The van der Waals surface area contributed by atoms with Crippen LogP contribution in [-0.2, 0) is 4.43 Å². The fourth-order valence-electron chi connectivity index (χ4n) is 6.76. The fraction of sp³-hybridized carbons (Fsp3) is 0.905. The van der Waals surface area contributed by atoms with Crippen molar-refractivity contribution in [3.8, 4) is 0 Å². The van der Waals surface area contributed by atoms with Gasteiger partial charge in [-0.3, -0.25) is 0 Å². The first kappa shape index (κ1) is 26.4. The Hall–Kier alpha value is 0.408. The lowest BCUT2D eigenvalue weighted by atomic mass is 10.7. The van der Waals surface area contributed by atoms with Crippen LogP contribution >= 0.6 is 0 Å². The molecule has 0 unspecified atom stereocenters. The molecule has 0 fully saturated rings. The minimum atomic E-state index is -1.88. The Morgan fingerprint density at radius 3 is 0.846 bits per heavy atom. The predicted molar refractivity (Wildman–Crippen MR) is 133 cm³/mol. The maximum Gasteiger partial charge on any atom is 0.208 e. The van der Waals surface area contributed by atoms with Gasteiger partial charge in [0.25, 0.3) is 0 Å². The highest BCUT2D eigenvalue weighted by atomic mass is 29.9. The summed E-state index contributed by atoms with van der Waals surface area (Å²) in [5.41, 5.74) is 0. The van der Waals surface area contributed by atoms with Gasteiger partial charge in [-0.1, -0.05) is 123 Å². The summed E-state index contributed by atoms with van der Waals surface area (Å²) >= 11 is 0. The van der Waals surface area contributed by atoms with E-state index in [-0.39, 0.29) is 0 Å². The van der Waals surface area contributed by atoms with Crippen LogP contribution in [0.4, 0.5) is 0 Å². The van der Waals surface area contributed by atoms with Crippen molar-refractivity contribution in [3.63, 3.8) is 0 Å². The molecule has 26 heavy (non-hydrogen) atoms. The molecule has 0 aromatic heterocycles. The smallest absolute Gasteiger partial charge is 0.208 e. The van der Waals surface area contributed by atoms with Gasteiger partial charge in [-0.2, -0.15) is 0 Å². The molecule has 0 bridgehead atoms. The molecule has 0 saturated heterocycles. The van der Waals surface area contributed by atoms with Crippen molar-refractivity contribution in [3.05, 3.63) is 12.3 Å². The van der Waals surface area contributed by atoms with Gasteiger partial charge in [0.1, 0.15) is 0 Å². The minimum Gasteiger partial charge on any atom is -0.556 e. The molecule has 0 heterocycles. The summed E-state index contributed by atoms with van der Waals surface area (Å²) in [5.74, 6) is 1.06. The van der Waals surface area contributed by atoms with Crippen LogP contribution in [0.5, 0.6) is 0 Å². The van der Waals surface area contributed by atoms with Crippen LogP contribution in [0.15, 0.2) is 12.3 Å². The monoisotopic (exact) mass is 430 g/mol. The highest BCUT2D eigenvalue weighted by Gasteiger charge is 2.73. The molecule has 0 radical (unpaired) electrons. The van der Waals surface area contributed by atoms with Crippen LogP contribution in [0.1, 0.15) is 69.2 Å². The second kappa shape index (κ2) is 10.8. The van der Waals surface area contributed by atoms with Gasteiger partial charge in [0.2, 0.25) is 6.87 Å². The fourth-order valence-corrected chi connectivity index (χ4v) is 106. The molecule has 0 amide bonds. The molecule has 0 rings (SSSR count). The third kappa shape index (κ3) is 3.79. The van der Waals surface area contributed by atoms with E-state index in [0.29, 0.717) is 0 Å². The van der Waals surface area contributed by atoms with Crippen molar-refractivity contribution < 1.29 is 4.43 Å². The van der Waals surface area contributed by atoms with Crippen LogP contribution in [0, 0.1) is 0 Å². The standard InChI is InChI=1S/C21H50OSi4/c1-12-23(13-2,14-3)26(22-21(10)11,24(15-4,16-5)17-6)25(18-7,19-8)20-9/h10,12-20H2,1-9,11H3. The number of hydrogen-bond acceptors (Lipinski definition) is 1. The molecule has 0 atom stereocenters. The maximum absolute atomic E-state index is 7.48. The van der Waals surface area contributed by atoms with Crippen LogP contribution < -0.4 is 0 Å². The van der Waals surface area contributed by atoms with E-state index >= 15 is 0 Å². The first-order valence-electron chi connectivity index (χ1n) is 11.6. The summed E-state index contributed by atoms with van der Waals surface area (Å²) in [6.45, 7) is 27.4. The van der Waals surface area contributed by atoms with E-state index in [9.17, 15) is 0 Å². The molecule has 0 aliphatic rings. The minimum absolute atomic E-state index is 1.06. The van der Waals surface area contributed by atoms with Gasteiger partial charge in [0.05, 0.1) is 28.5 Å². The molecule has 5 heteroatoms. The zero-order chi connectivity index (χ0) is 20.6. The summed E-state index contributed by atoms with van der Waals surface area (Å²) in [6.07, 6.45) is 0. The lowest BCUT2D eigenvalue weighted by molar-refractivity contribution is 0.448. The zero-order valence-electron chi connectivity index (χ0n) is 20.0. The first-order valence-corrected chi connectivity index (χ1v) is 24.3. The van der Waals surface area contributed by atoms with E-state index in [1.54, 1.807) is 0 Å². The SMILES string of the molecule is C=C(C)O[Si]([Si](CC)(CC)CC)([Si](CC)(CC)CC)[Si](CC)(CC)CC. The van der Waals surface area contributed by atoms with Crippen molar-refractivity contribution in [1.29, 1.82) is 0 Å². The molecule has 0 saturated carbocycles. The third-order valence-electron chi connectivity index (χ3n) is 8.66. The number of rotatable bonds is 14. The van der Waals surface area contributed by atoms with Gasteiger partial charge in [-0.25, -0.2) is 0 Å². The van der Waals surface area contributed by atoms with Crippen LogP contribution in [0.2, 0.25) is 54.4 Å². The first-order chi connectivity index (χ1) is 12.2. The Labute approximate surface area is 169 Å². The molecule has 0 aromatic carbocycles. The lowest BCUT2D eigenvalue weighted by Crippen LogP contribution is -2.89. The summed E-state index contributed by atoms with van der Waals surface area (Å²) in [7, 11) is -4.43. The van der Waals surface area contributed by atoms with Gasteiger partial charge in [0.15, 0.2) is 0 Å². The second-order valence-corrected chi connectivity index (χ2v) is 44.5. The van der Waals surface area contributed by atoms with Gasteiger partial charge in [-0.15, -0.1) is 0 Å². The van der Waals surface area contributed by atoms with E-state index in [4.69, 9.17) is 4.43 Å². The molecular weight excluding hydrogens is 381 g/mol. The third-order valence-corrected chi connectivity index (χ3v) is 78.5. The van der Waals surface area contributed by atoms with Crippen molar-refractivity contribution in [2.24, 2.45) is 0 Å². The molecule has 0 aliphatic heterocycles. The molecular formula is C21H50OSi4. The highest BCUT2D eigenvalue weighted by molar-refractivity contribution is 7.88. The second-order valence-electron chi connectivity index (χ2n) is 8.51. The van der Waals surface area contributed by atoms with E-state index in [1.165, 1.54) is 54.4 Å². The Morgan fingerprint density at radius 2 is 0.731 bits per heavy atom. The quantitative estimate of drug-likeness (QED) is 0.199. The summed E-state index contributed by atoms with van der Waals surface area (Å²) in [6, 6.07) is 12.9. The Kier molecular flexibility index (Phi) is 11.0. The van der Waals surface area contributed by atoms with Crippen molar-refractivity contribution >= 4 is 29.6 Å². The molecule has 0 N–H and O–H groups in total. The number of allylic oxidation sites excluding steroid dienone is 1. The summed E-state index contributed by atoms with van der Waals surface area (Å²) in [5, 5.41) is 0. The molecule has 156 valence electrons.